The van der Waals surface area contributed by atoms with E-state index in [1.54, 1.807) is 7.05 Å². The van der Waals surface area contributed by atoms with Crippen LogP contribution in [0.5, 0.6) is 11.5 Å². The normalized spacial score (nSPS) is 18.1. The fourth-order valence-electron chi connectivity index (χ4n) is 3.56. The van der Waals surface area contributed by atoms with Crippen LogP contribution in [0.15, 0.2) is 47.5 Å². The first-order valence-electron chi connectivity index (χ1n) is 11.2. The second kappa shape index (κ2) is 12.3. The van der Waals surface area contributed by atoms with E-state index in [1.807, 2.05) is 18.2 Å². The van der Waals surface area contributed by atoms with Crippen LogP contribution >= 0.6 is 24.0 Å². The van der Waals surface area contributed by atoms with Crippen molar-refractivity contribution in [3.8, 4) is 11.5 Å². The number of nitrogens with zero attached hydrogens (tertiary/aromatic N) is 1. The molecule has 2 aromatic carbocycles. The first kappa shape index (κ1) is 24.6. The van der Waals surface area contributed by atoms with Gasteiger partial charge in [-0.2, -0.15) is 0 Å². The average molecular weight is 551 g/mol. The van der Waals surface area contributed by atoms with E-state index >= 15 is 0 Å². The molecular weight excluding hydrogens is 517 g/mol. The molecule has 32 heavy (non-hydrogen) atoms. The van der Waals surface area contributed by atoms with E-state index in [9.17, 15) is 0 Å². The summed E-state index contributed by atoms with van der Waals surface area (Å²) in [6, 6.07) is 14.5. The Morgan fingerprint density at radius 3 is 2.47 bits per heavy atom. The van der Waals surface area contributed by atoms with Crippen LogP contribution in [0.3, 0.4) is 0 Å². The minimum absolute atomic E-state index is 0. The summed E-state index contributed by atoms with van der Waals surface area (Å²) >= 11 is 0. The Kier molecular flexibility index (Phi) is 9.47. The Labute approximate surface area is 208 Å². The molecule has 1 unspecified atom stereocenters. The number of hydrogen-bond donors (Lipinski definition) is 2. The second-order valence-electron chi connectivity index (χ2n) is 8.36. The predicted molar refractivity (Wildman–Crippen MR) is 138 cm³/mol. The lowest BCUT2D eigenvalue weighted by molar-refractivity contribution is 0.140. The number of aryl methyl sites for hydroxylation is 1. The number of rotatable bonds is 9. The largest absolute Gasteiger partial charge is 0.493 e. The Bertz CT molecular complexity index is 896. The molecule has 1 heterocycles. The van der Waals surface area contributed by atoms with E-state index in [2.05, 4.69) is 46.8 Å². The number of ether oxygens (including phenoxy) is 3. The molecule has 0 radical (unpaired) electrons. The van der Waals surface area contributed by atoms with E-state index in [1.165, 1.54) is 18.4 Å². The molecule has 174 valence electrons. The summed E-state index contributed by atoms with van der Waals surface area (Å²) in [7, 11) is 1.78. The zero-order valence-electron chi connectivity index (χ0n) is 18.9. The number of aliphatic imine (C=N–C) groups is 1. The van der Waals surface area contributed by atoms with Gasteiger partial charge in [-0.05, 0) is 43.4 Å². The third kappa shape index (κ3) is 7.27. The van der Waals surface area contributed by atoms with Crippen molar-refractivity contribution < 1.29 is 14.2 Å². The van der Waals surface area contributed by atoms with Crippen molar-refractivity contribution in [1.82, 2.24) is 10.6 Å². The molecule has 0 amide bonds. The maximum absolute atomic E-state index is 6.21. The van der Waals surface area contributed by atoms with Gasteiger partial charge in [-0.3, -0.25) is 4.99 Å². The van der Waals surface area contributed by atoms with Gasteiger partial charge in [-0.15, -0.1) is 24.0 Å². The van der Waals surface area contributed by atoms with Crippen LogP contribution in [0, 0.1) is 12.8 Å². The molecule has 1 aliphatic carbocycles. The van der Waals surface area contributed by atoms with Gasteiger partial charge in [-0.1, -0.05) is 30.3 Å². The average Bonchev–Trinajstić information content (AvgIpc) is 3.48. The van der Waals surface area contributed by atoms with Crippen molar-refractivity contribution in [3.05, 3.63) is 59.2 Å². The number of benzene rings is 2. The highest BCUT2D eigenvalue weighted by molar-refractivity contribution is 14.0. The van der Waals surface area contributed by atoms with Crippen molar-refractivity contribution >= 4 is 29.9 Å². The monoisotopic (exact) mass is 551 g/mol. The molecule has 2 aliphatic rings. The van der Waals surface area contributed by atoms with Crippen LogP contribution in [0.4, 0.5) is 0 Å². The molecule has 2 fully saturated rings. The highest BCUT2D eigenvalue weighted by Crippen LogP contribution is 2.30. The van der Waals surface area contributed by atoms with Crippen LogP contribution < -0.4 is 20.1 Å². The molecule has 1 saturated carbocycles. The summed E-state index contributed by atoms with van der Waals surface area (Å²) in [4.78, 5) is 4.38. The van der Waals surface area contributed by atoms with Crippen LogP contribution in [-0.2, 0) is 17.8 Å². The third-order valence-electron chi connectivity index (χ3n) is 5.66. The van der Waals surface area contributed by atoms with E-state index in [0.717, 1.165) is 54.1 Å². The Balaban J connectivity index is 0.00000289. The van der Waals surface area contributed by atoms with Gasteiger partial charge >= 0.3 is 0 Å². The van der Waals surface area contributed by atoms with Gasteiger partial charge in [0.15, 0.2) is 5.96 Å². The predicted octanol–water partition coefficient (Wildman–Crippen LogP) is 4.43. The fourth-order valence-corrected chi connectivity index (χ4v) is 3.56. The van der Waals surface area contributed by atoms with Gasteiger partial charge in [-0.25, -0.2) is 0 Å². The number of hydrogen-bond acceptors (Lipinski definition) is 4. The highest BCUT2D eigenvalue weighted by Gasteiger charge is 2.22. The summed E-state index contributed by atoms with van der Waals surface area (Å²) < 4.78 is 17.7. The summed E-state index contributed by atoms with van der Waals surface area (Å²) in [5, 5.41) is 6.81. The molecule has 1 aliphatic heterocycles. The van der Waals surface area contributed by atoms with Crippen molar-refractivity contribution in [3.63, 3.8) is 0 Å². The number of guanidine groups is 1. The molecule has 2 aromatic rings. The van der Waals surface area contributed by atoms with Gasteiger partial charge in [0.25, 0.3) is 0 Å². The highest BCUT2D eigenvalue weighted by atomic mass is 127. The molecule has 4 rings (SSSR count). The standard InChI is InChI=1S/C25H33N3O3.HI/c1-18-7-10-21(24(13-18)31-22-11-12-29-17-22)15-28-25(26-2)27-14-20-5-3-4-6-23(20)30-16-19-8-9-19;/h3-7,10,13,19,22H,8-9,11-12,14-17H2,1-2H3,(H2,26,27,28);1H. The van der Waals surface area contributed by atoms with Crippen molar-refractivity contribution in [1.29, 1.82) is 0 Å². The summed E-state index contributed by atoms with van der Waals surface area (Å²) in [6.45, 7) is 5.60. The first-order chi connectivity index (χ1) is 15.2. The third-order valence-corrected chi connectivity index (χ3v) is 5.66. The zero-order chi connectivity index (χ0) is 21.5. The molecule has 6 nitrogen and oxygen atoms in total. The topological polar surface area (TPSA) is 64.1 Å². The lowest BCUT2D eigenvalue weighted by Crippen LogP contribution is -2.36. The van der Waals surface area contributed by atoms with E-state index in [-0.39, 0.29) is 30.1 Å². The maximum atomic E-state index is 6.21. The number of para-hydroxylation sites is 1. The maximum Gasteiger partial charge on any atom is 0.191 e. The van der Waals surface area contributed by atoms with Crippen LogP contribution in [0.1, 0.15) is 36.0 Å². The van der Waals surface area contributed by atoms with Gasteiger partial charge < -0.3 is 24.8 Å². The zero-order valence-corrected chi connectivity index (χ0v) is 21.3. The molecule has 2 N–H and O–H groups in total. The molecule has 0 bridgehead atoms. The minimum Gasteiger partial charge on any atom is -0.493 e. The van der Waals surface area contributed by atoms with Crippen molar-refractivity contribution in [2.24, 2.45) is 10.9 Å². The Hall–Kier alpha value is -2.00. The van der Waals surface area contributed by atoms with Gasteiger partial charge in [0.2, 0.25) is 0 Å². The molecule has 1 atom stereocenters. The van der Waals surface area contributed by atoms with Crippen molar-refractivity contribution in [2.45, 2.75) is 45.4 Å². The fraction of sp³-hybridized carbons (Fsp3) is 0.480. The van der Waals surface area contributed by atoms with Crippen LogP contribution in [0.25, 0.3) is 0 Å². The molecular formula is C25H34IN3O3. The Morgan fingerprint density at radius 2 is 1.78 bits per heavy atom. The first-order valence-corrected chi connectivity index (χ1v) is 11.2. The summed E-state index contributed by atoms with van der Waals surface area (Å²) in [5.41, 5.74) is 3.42. The second-order valence-corrected chi connectivity index (χ2v) is 8.36. The van der Waals surface area contributed by atoms with Gasteiger partial charge in [0.1, 0.15) is 17.6 Å². The van der Waals surface area contributed by atoms with Gasteiger partial charge in [0, 0.05) is 37.7 Å². The van der Waals surface area contributed by atoms with E-state index in [0.29, 0.717) is 19.7 Å². The lowest BCUT2D eigenvalue weighted by atomic mass is 10.1. The smallest absolute Gasteiger partial charge is 0.191 e. The molecule has 1 saturated heterocycles. The lowest BCUT2D eigenvalue weighted by Gasteiger charge is -2.18. The number of halogens is 1. The van der Waals surface area contributed by atoms with E-state index in [4.69, 9.17) is 14.2 Å². The SMILES string of the molecule is CN=C(NCc1ccccc1OCC1CC1)NCc1ccc(C)cc1OC1CCOC1.I. The Morgan fingerprint density at radius 1 is 1.03 bits per heavy atom. The van der Waals surface area contributed by atoms with Crippen LogP contribution in [-0.4, -0.2) is 38.9 Å². The molecule has 7 heteroatoms. The van der Waals surface area contributed by atoms with Gasteiger partial charge in [0.05, 0.1) is 19.8 Å². The minimum atomic E-state index is 0. The quantitative estimate of drug-likeness (QED) is 0.274. The summed E-state index contributed by atoms with van der Waals surface area (Å²) in [6.07, 6.45) is 3.64. The van der Waals surface area contributed by atoms with Crippen molar-refractivity contribution in [2.75, 3.05) is 26.9 Å². The summed E-state index contributed by atoms with van der Waals surface area (Å²) in [5.74, 6) is 3.34. The number of nitrogens with one attached hydrogen (secondary N) is 2. The van der Waals surface area contributed by atoms with Crippen LogP contribution in [0.2, 0.25) is 0 Å². The molecule has 0 aromatic heterocycles. The molecule has 0 spiro atoms. The van der Waals surface area contributed by atoms with E-state index < -0.39 is 0 Å².